The maximum absolute atomic E-state index is 8.83. The van der Waals surface area contributed by atoms with Crippen LogP contribution in [0.3, 0.4) is 0 Å². The van der Waals surface area contributed by atoms with Crippen molar-refractivity contribution in [1.82, 2.24) is 0 Å². The molecule has 3 nitrogen and oxygen atoms in total. The first kappa shape index (κ1) is 9.29. The Labute approximate surface area is 83.8 Å². The van der Waals surface area contributed by atoms with Crippen LogP contribution in [0.4, 0.5) is 0 Å². The minimum absolute atomic E-state index is 0.267. The van der Waals surface area contributed by atoms with Gasteiger partial charge in [0.25, 0.3) is 0 Å². The number of hydrogen-bond acceptors (Lipinski definition) is 3. The van der Waals surface area contributed by atoms with Crippen LogP contribution < -0.4 is 5.73 Å². The van der Waals surface area contributed by atoms with E-state index in [1.807, 2.05) is 12.2 Å². The van der Waals surface area contributed by atoms with E-state index in [0.717, 1.165) is 30.6 Å². The van der Waals surface area contributed by atoms with Gasteiger partial charge in [-0.05, 0) is 43.9 Å². The highest BCUT2D eigenvalue weighted by Gasteiger charge is 2.25. The second-order valence-electron chi connectivity index (χ2n) is 3.87. The van der Waals surface area contributed by atoms with Gasteiger partial charge in [-0.15, -0.1) is 0 Å². The fraction of sp³-hybridized carbons (Fsp3) is 0.545. The Kier molecular flexibility index (Phi) is 2.55. The van der Waals surface area contributed by atoms with E-state index in [1.54, 1.807) is 0 Å². The molecule has 2 N–H and O–H groups in total. The molecule has 0 bridgehead atoms. The van der Waals surface area contributed by atoms with E-state index in [0.29, 0.717) is 12.6 Å². The van der Waals surface area contributed by atoms with E-state index in [9.17, 15) is 0 Å². The zero-order valence-corrected chi connectivity index (χ0v) is 8.07. The van der Waals surface area contributed by atoms with Crippen molar-refractivity contribution in [3.8, 4) is 6.07 Å². The monoisotopic (exact) mass is 190 g/mol. The van der Waals surface area contributed by atoms with E-state index in [-0.39, 0.29) is 5.92 Å². The molecular weight excluding hydrogens is 176 g/mol. The molecule has 0 radical (unpaired) electrons. The van der Waals surface area contributed by atoms with E-state index < -0.39 is 0 Å². The number of rotatable bonds is 3. The first-order chi connectivity index (χ1) is 6.81. The minimum atomic E-state index is 0.267. The van der Waals surface area contributed by atoms with E-state index in [4.69, 9.17) is 15.7 Å². The molecule has 0 aliphatic heterocycles. The summed E-state index contributed by atoms with van der Waals surface area (Å²) in [5, 5.41) is 8.83. The van der Waals surface area contributed by atoms with Crippen LogP contribution in [0.1, 0.15) is 19.3 Å². The topological polar surface area (TPSA) is 59.0 Å². The highest BCUT2D eigenvalue weighted by atomic mass is 16.5. The zero-order valence-electron chi connectivity index (χ0n) is 8.07. The standard InChI is InChI=1S/C11H14N2O/c12-6-8-3-9(7-13)5-11(4-8)14-10-1-2-10/h4-5,8,10H,1-3,6,12H2. The molecule has 74 valence electrons. The van der Waals surface area contributed by atoms with Gasteiger partial charge in [0, 0.05) is 5.57 Å². The summed E-state index contributed by atoms with van der Waals surface area (Å²) in [6.45, 7) is 0.580. The largest absolute Gasteiger partial charge is 0.491 e. The first-order valence-electron chi connectivity index (χ1n) is 5.01. The fourth-order valence-electron chi connectivity index (χ4n) is 1.53. The lowest BCUT2D eigenvalue weighted by atomic mass is 9.94. The molecule has 0 amide bonds. The Morgan fingerprint density at radius 2 is 2.36 bits per heavy atom. The zero-order chi connectivity index (χ0) is 9.97. The molecule has 0 spiro atoms. The molecule has 1 atom stereocenters. The number of nitrogens with two attached hydrogens (primary N) is 1. The van der Waals surface area contributed by atoms with Gasteiger partial charge in [0.2, 0.25) is 0 Å². The lowest BCUT2D eigenvalue weighted by molar-refractivity contribution is 0.204. The molecule has 0 saturated heterocycles. The molecule has 2 aliphatic carbocycles. The SMILES string of the molecule is N#CC1=CC(OC2CC2)=CC(CN)C1. The number of nitrogens with zero attached hydrogens (tertiary/aromatic N) is 1. The van der Waals surface area contributed by atoms with Crippen LogP contribution >= 0.6 is 0 Å². The van der Waals surface area contributed by atoms with Gasteiger partial charge in [-0.1, -0.05) is 0 Å². The summed E-state index contributed by atoms with van der Waals surface area (Å²) in [6, 6.07) is 2.18. The summed E-state index contributed by atoms with van der Waals surface area (Å²) in [6.07, 6.45) is 7.29. The summed E-state index contributed by atoms with van der Waals surface area (Å²) < 4.78 is 5.64. The van der Waals surface area contributed by atoms with Crippen LogP contribution in [-0.2, 0) is 4.74 Å². The Morgan fingerprint density at radius 3 is 2.93 bits per heavy atom. The molecule has 14 heavy (non-hydrogen) atoms. The van der Waals surface area contributed by atoms with Crippen LogP contribution in [0.5, 0.6) is 0 Å². The van der Waals surface area contributed by atoms with Crippen molar-refractivity contribution in [2.24, 2.45) is 11.7 Å². The summed E-state index contributed by atoms with van der Waals surface area (Å²) in [4.78, 5) is 0. The Morgan fingerprint density at radius 1 is 1.57 bits per heavy atom. The number of hydrogen-bond donors (Lipinski definition) is 1. The number of allylic oxidation sites excluding steroid dienone is 2. The average molecular weight is 190 g/mol. The van der Waals surface area contributed by atoms with Gasteiger partial charge >= 0.3 is 0 Å². The molecule has 0 aromatic heterocycles. The Hall–Kier alpha value is -1.27. The molecule has 2 aliphatic rings. The van der Waals surface area contributed by atoms with Crippen molar-refractivity contribution in [3.05, 3.63) is 23.5 Å². The van der Waals surface area contributed by atoms with Crippen molar-refractivity contribution in [1.29, 1.82) is 5.26 Å². The van der Waals surface area contributed by atoms with Crippen LogP contribution in [0.15, 0.2) is 23.5 Å². The summed E-state index contributed by atoms with van der Waals surface area (Å²) in [5.74, 6) is 1.11. The van der Waals surface area contributed by atoms with Crippen molar-refractivity contribution in [2.75, 3.05) is 6.54 Å². The maximum Gasteiger partial charge on any atom is 0.117 e. The summed E-state index contributed by atoms with van der Waals surface area (Å²) in [5.41, 5.74) is 6.37. The number of ether oxygens (including phenoxy) is 1. The van der Waals surface area contributed by atoms with Gasteiger partial charge in [-0.25, -0.2) is 0 Å². The predicted molar refractivity (Wildman–Crippen MR) is 53.0 cm³/mol. The van der Waals surface area contributed by atoms with Crippen molar-refractivity contribution < 1.29 is 4.74 Å². The molecule has 1 fully saturated rings. The van der Waals surface area contributed by atoms with Gasteiger partial charge in [0.05, 0.1) is 12.2 Å². The molecule has 2 rings (SSSR count). The first-order valence-corrected chi connectivity index (χ1v) is 5.01. The molecule has 3 heteroatoms. The summed E-state index contributed by atoms with van der Waals surface area (Å²) in [7, 11) is 0. The second-order valence-corrected chi connectivity index (χ2v) is 3.87. The smallest absolute Gasteiger partial charge is 0.117 e. The maximum atomic E-state index is 8.83. The van der Waals surface area contributed by atoms with Gasteiger partial charge < -0.3 is 10.5 Å². The van der Waals surface area contributed by atoms with Gasteiger partial charge in [-0.3, -0.25) is 0 Å². The third-order valence-electron chi connectivity index (χ3n) is 2.47. The van der Waals surface area contributed by atoms with Crippen LogP contribution in [0, 0.1) is 17.2 Å². The minimum Gasteiger partial charge on any atom is -0.491 e. The van der Waals surface area contributed by atoms with Crippen LogP contribution in [0.2, 0.25) is 0 Å². The lowest BCUT2D eigenvalue weighted by Crippen LogP contribution is -2.16. The van der Waals surface area contributed by atoms with Crippen molar-refractivity contribution in [2.45, 2.75) is 25.4 Å². The molecule has 1 saturated carbocycles. The fourth-order valence-corrected chi connectivity index (χ4v) is 1.53. The predicted octanol–water partition coefficient (Wildman–Crippen LogP) is 1.48. The highest BCUT2D eigenvalue weighted by molar-refractivity contribution is 5.34. The van der Waals surface area contributed by atoms with Gasteiger partial charge in [0.1, 0.15) is 5.76 Å². The van der Waals surface area contributed by atoms with E-state index in [1.165, 1.54) is 0 Å². The molecule has 0 aromatic rings. The van der Waals surface area contributed by atoms with E-state index in [2.05, 4.69) is 6.07 Å². The Balaban J connectivity index is 2.07. The van der Waals surface area contributed by atoms with Gasteiger partial charge in [0.15, 0.2) is 0 Å². The third kappa shape index (κ3) is 2.15. The quantitative estimate of drug-likeness (QED) is 0.733. The lowest BCUT2D eigenvalue weighted by Gasteiger charge is -2.17. The molecule has 1 unspecified atom stereocenters. The Bertz CT molecular complexity index is 321. The van der Waals surface area contributed by atoms with E-state index >= 15 is 0 Å². The van der Waals surface area contributed by atoms with Crippen molar-refractivity contribution in [3.63, 3.8) is 0 Å². The van der Waals surface area contributed by atoms with Crippen LogP contribution in [0.25, 0.3) is 0 Å². The van der Waals surface area contributed by atoms with Gasteiger partial charge in [-0.2, -0.15) is 5.26 Å². The van der Waals surface area contributed by atoms with Crippen molar-refractivity contribution >= 4 is 0 Å². The molecular formula is C11H14N2O. The number of nitriles is 1. The molecule has 0 heterocycles. The normalized spacial score (nSPS) is 26.1. The third-order valence-corrected chi connectivity index (χ3v) is 2.47. The summed E-state index contributed by atoms with van der Waals surface area (Å²) >= 11 is 0. The highest BCUT2D eigenvalue weighted by Crippen LogP contribution is 2.30. The molecule has 0 aromatic carbocycles. The average Bonchev–Trinajstić information content (AvgIpc) is 3.01. The van der Waals surface area contributed by atoms with Crippen LogP contribution in [-0.4, -0.2) is 12.6 Å². The second kappa shape index (κ2) is 3.85.